The monoisotopic (exact) mass is 347 g/mol. The Labute approximate surface area is 146 Å². The van der Waals surface area contributed by atoms with E-state index in [1.807, 2.05) is 0 Å². The molecule has 0 bridgehead atoms. The van der Waals surface area contributed by atoms with Crippen molar-refractivity contribution in [3.8, 4) is 0 Å². The summed E-state index contributed by atoms with van der Waals surface area (Å²) in [7, 11) is 0. The van der Waals surface area contributed by atoms with Crippen molar-refractivity contribution >= 4 is 28.5 Å². The Morgan fingerprint density at radius 3 is 2.52 bits per heavy atom. The van der Waals surface area contributed by atoms with Crippen molar-refractivity contribution in [2.45, 2.75) is 26.9 Å². The summed E-state index contributed by atoms with van der Waals surface area (Å²) in [6.45, 7) is 5.87. The van der Waals surface area contributed by atoms with Crippen LogP contribution in [0.15, 0.2) is 24.4 Å². The second-order valence-corrected chi connectivity index (χ2v) is 5.51. The Hall–Kier alpha value is -2.67. The highest BCUT2D eigenvalue weighted by Crippen LogP contribution is 2.26. The number of rotatable bonds is 7. The van der Waals surface area contributed by atoms with Crippen LogP contribution in [0.4, 0.5) is 5.69 Å². The molecular weight excluding hydrogens is 324 g/mol. The highest BCUT2D eigenvalue weighted by atomic mass is 16.5. The number of aliphatic hydroxyl groups excluding tert-OH is 1. The van der Waals surface area contributed by atoms with Gasteiger partial charge in [0, 0.05) is 12.6 Å². The number of aliphatic hydroxyl groups is 1. The number of fused-ring (bicyclic) bond motifs is 1. The molecule has 0 saturated carbocycles. The van der Waals surface area contributed by atoms with Gasteiger partial charge in [-0.15, -0.1) is 0 Å². The van der Waals surface area contributed by atoms with Crippen LogP contribution in [0.25, 0.3) is 10.9 Å². The Kier molecular flexibility index (Phi) is 6.30. The predicted octanol–water partition coefficient (Wildman–Crippen LogP) is 1.80. The lowest BCUT2D eigenvalue weighted by Gasteiger charge is -2.13. The molecule has 0 amide bonds. The smallest absolute Gasteiger partial charge is 0.346 e. The lowest BCUT2D eigenvalue weighted by Crippen LogP contribution is -2.21. The zero-order valence-electron chi connectivity index (χ0n) is 14.6. The fourth-order valence-corrected chi connectivity index (χ4v) is 2.40. The maximum atomic E-state index is 12.2. The van der Waals surface area contributed by atoms with Gasteiger partial charge in [0.05, 0.1) is 36.0 Å². The summed E-state index contributed by atoms with van der Waals surface area (Å²) in [5.74, 6) is -0.928. The number of anilines is 1. The largest absolute Gasteiger partial charge is 0.462 e. The molecule has 3 N–H and O–H groups in total. The molecule has 0 radical (unpaired) electrons. The summed E-state index contributed by atoms with van der Waals surface area (Å²) in [5.41, 5.74) is 1.91. The minimum absolute atomic E-state index is 0.245. The summed E-state index contributed by atoms with van der Waals surface area (Å²) >= 11 is 0. The zero-order valence-corrected chi connectivity index (χ0v) is 14.6. The molecule has 0 spiro atoms. The average Bonchev–Trinajstić information content (AvgIpc) is 2.59. The van der Waals surface area contributed by atoms with Crippen LogP contribution in [0, 0.1) is 0 Å². The van der Waals surface area contributed by atoms with Crippen molar-refractivity contribution in [2.75, 3.05) is 25.1 Å². The van der Waals surface area contributed by atoms with E-state index in [4.69, 9.17) is 9.47 Å². The standard InChI is InChI=1S/C18H22N2O5/c1-4-24-17(22)12-6-7-15-13(8-12)16(20-9-11(3)21)14(10-19-15)18(23)25-5-2/h6-8,10-11,21H,4-5,9H2,1-3H3,(H,19,20)/p+1/t11-/m1/s1. The second kappa shape index (κ2) is 8.43. The highest BCUT2D eigenvalue weighted by Gasteiger charge is 2.21. The number of pyridine rings is 1. The molecule has 0 saturated heterocycles. The number of nitrogens with one attached hydrogen (secondary N) is 2. The van der Waals surface area contributed by atoms with Crippen LogP contribution < -0.4 is 10.3 Å². The number of benzene rings is 1. The fraction of sp³-hybridized carbons (Fsp3) is 0.389. The minimum Gasteiger partial charge on any atom is -0.462 e. The lowest BCUT2D eigenvalue weighted by atomic mass is 10.1. The number of ether oxygens (including phenoxy) is 2. The maximum Gasteiger partial charge on any atom is 0.346 e. The van der Waals surface area contributed by atoms with Gasteiger partial charge < -0.3 is 19.9 Å². The number of aromatic nitrogens is 1. The van der Waals surface area contributed by atoms with Gasteiger partial charge in [0.1, 0.15) is 5.56 Å². The van der Waals surface area contributed by atoms with Gasteiger partial charge in [-0.2, -0.15) is 0 Å². The van der Waals surface area contributed by atoms with Crippen molar-refractivity contribution < 1.29 is 29.2 Å². The number of carbonyl (C=O) groups is 2. The van der Waals surface area contributed by atoms with E-state index in [-0.39, 0.29) is 19.8 Å². The van der Waals surface area contributed by atoms with Crippen molar-refractivity contribution in [2.24, 2.45) is 0 Å². The van der Waals surface area contributed by atoms with Gasteiger partial charge >= 0.3 is 11.9 Å². The molecule has 25 heavy (non-hydrogen) atoms. The normalized spacial score (nSPS) is 11.8. The molecule has 0 fully saturated rings. The quantitative estimate of drug-likeness (QED) is 0.741. The third-order valence-electron chi connectivity index (χ3n) is 3.51. The Bertz CT molecular complexity index is 768. The highest BCUT2D eigenvalue weighted by molar-refractivity contribution is 6.05. The molecule has 2 rings (SSSR count). The maximum absolute atomic E-state index is 12.2. The molecule has 0 aliphatic rings. The molecule has 0 aliphatic heterocycles. The van der Waals surface area contributed by atoms with E-state index < -0.39 is 18.0 Å². The van der Waals surface area contributed by atoms with E-state index in [9.17, 15) is 14.7 Å². The number of carbonyl (C=O) groups excluding carboxylic acids is 2. The topological polar surface area (TPSA) is 99.0 Å². The Morgan fingerprint density at radius 1 is 1.20 bits per heavy atom. The van der Waals surface area contributed by atoms with Gasteiger partial charge in [-0.05, 0) is 32.9 Å². The van der Waals surface area contributed by atoms with Gasteiger partial charge in [0.2, 0.25) is 5.52 Å². The average molecular weight is 347 g/mol. The first-order valence-electron chi connectivity index (χ1n) is 8.22. The van der Waals surface area contributed by atoms with Crippen LogP contribution in [0.1, 0.15) is 41.5 Å². The number of hydrogen-bond acceptors (Lipinski definition) is 6. The summed E-state index contributed by atoms with van der Waals surface area (Å²) in [4.78, 5) is 27.3. The van der Waals surface area contributed by atoms with Crippen LogP contribution >= 0.6 is 0 Å². The number of aromatic amines is 1. The lowest BCUT2D eigenvalue weighted by molar-refractivity contribution is -0.344. The molecule has 7 heteroatoms. The molecule has 1 heterocycles. The Morgan fingerprint density at radius 2 is 1.88 bits per heavy atom. The third kappa shape index (κ3) is 4.45. The van der Waals surface area contributed by atoms with E-state index in [1.54, 1.807) is 45.2 Å². The summed E-state index contributed by atoms with van der Waals surface area (Å²) in [6, 6.07) is 5.04. The van der Waals surface area contributed by atoms with Crippen LogP contribution in [-0.4, -0.2) is 42.9 Å². The van der Waals surface area contributed by atoms with Gasteiger partial charge in [-0.3, -0.25) is 0 Å². The first-order valence-corrected chi connectivity index (χ1v) is 8.22. The first-order chi connectivity index (χ1) is 12.0. The second-order valence-electron chi connectivity index (χ2n) is 5.51. The summed E-state index contributed by atoms with van der Waals surface area (Å²) < 4.78 is 10.1. The zero-order chi connectivity index (χ0) is 18.4. The number of esters is 2. The van der Waals surface area contributed by atoms with Crippen LogP contribution in [0.5, 0.6) is 0 Å². The van der Waals surface area contributed by atoms with Crippen molar-refractivity contribution in [1.82, 2.24) is 0 Å². The fourth-order valence-electron chi connectivity index (χ4n) is 2.40. The molecule has 0 unspecified atom stereocenters. The van der Waals surface area contributed by atoms with E-state index in [1.165, 1.54) is 0 Å². The predicted molar refractivity (Wildman–Crippen MR) is 92.6 cm³/mol. The van der Waals surface area contributed by atoms with Crippen LogP contribution in [0.3, 0.4) is 0 Å². The van der Waals surface area contributed by atoms with Gasteiger partial charge in [-0.25, -0.2) is 14.6 Å². The molecule has 1 aromatic carbocycles. The van der Waals surface area contributed by atoms with Gasteiger partial charge in [0.15, 0.2) is 6.20 Å². The molecule has 7 nitrogen and oxygen atoms in total. The Balaban J connectivity index is 2.57. The molecule has 0 aliphatic carbocycles. The van der Waals surface area contributed by atoms with Crippen molar-refractivity contribution in [1.29, 1.82) is 0 Å². The van der Waals surface area contributed by atoms with Crippen LogP contribution in [-0.2, 0) is 9.47 Å². The molecule has 1 atom stereocenters. The van der Waals surface area contributed by atoms with E-state index in [0.29, 0.717) is 22.2 Å². The molecule has 2 aromatic rings. The summed E-state index contributed by atoms with van der Waals surface area (Å²) in [5, 5.41) is 13.3. The minimum atomic E-state index is -0.609. The third-order valence-corrected chi connectivity index (χ3v) is 3.51. The van der Waals surface area contributed by atoms with E-state index in [2.05, 4.69) is 10.3 Å². The first kappa shape index (κ1) is 18.7. The number of H-pyrrole nitrogens is 1. The SMILES string of the molecule is CCOC(=O)c1ccc2[nH+]cc(C(=O)OCC)c(NC[C@@H](C)O)c2c1. The van der Waals surface area contributed by atoms with Crippen LogP contribution in [0.2, 0.25) is 0 Å². The van der Waals surface area contributed by atoms with Gasteiger partial charge in [-0.1, -0.05) is 0 Å². The molecule has 1 aromatic heterocycles. The van der Waals surface area contributed by atoms with Gasteiger partial charge in [0.25, 0.3) is 0 Å². The van der Waals surface area contributed by atoms with E-state index >= 15 is 0 Å². The van der Waals surface area contributed by atoms with Crippen molar-refractivity contribution in [3.63, 3.8) is 0 Å². The van der Waals surface area contributed by atoms with Crippen molar-refractivity contribution in [3.05, 3.63) is 35.5 Å². The summed E-state index contributed by atoms with van der Waals surface area (Å²) in [6.07, 6.45) is 0.942. The molecular formula is C18H23N2O5+. The number of hydrogen-bond donors (Lipinski definition) is 2. The molecule has 134 valence electrons. The van der Waals surface area contributed by atoms with E-state index in [0.717, 1.165) is 5.52 Å².